The highest BCUT2D eigenvalue weighted by atomic mass is 32.2. The Balaban J connectivity index is 1.34. The molecule has 0 aliphatic carbocycles. The first-order chi connectivity index (χ1) is 16.6. The number of benzene rings is 2. The van der Waals surface area contributed by atoms with Crippen LogP contribution in [0.5, 0.6) is 0 Å². The zero-order valence-corrected chi connectivity index (χ0v) is 19.6. The van der Waals surface area contributed by atoms with Crippen molar-refractivity contribution in [2.75, 3.05) is 17.2 Å². The zero-order valence-electron chi connectivity index (χ0n) is 18.0. The Morgan fingerprint density at radius 2 is 1.88 bits per heavy atom. The van der Waals surface area contributed by atoms with Crippen LogP contribution in [0, 0.1) is 5.82 Å². The molecule has 0 unspecified atom stereocenters. The lowest BCUT2D eigenvalue weighted by Gasteiger charge is -2.17. The van der Waals surface area contributed by atoms with Gasteiger partial charge in [-0.1, -0.05) is 36.0 Å². The summed E-state index contributed by atoms with van der Waals surface area (Å²) in [5.41, 5.74) is 2.76. The number of rotatable bonds is 7. The number of halogens is 1. The Labute approximate surface area is 203 Å². The van der Waals surface area contributed by atoms with Crippen LogP contribution in [0.15, 0.2) is 71.2 Å². The molecule has 2 amide bonds. The Bertz CT molecular complexity index is 1320. The van der Waals surface area contributed by atoms with E-state index in [9.17, 15) is 14.0 Å². The molecule has 172 valence electrons. The van der Waals surface area contributed by atoms with Gasteiger partial charge in [0, 0.05) is 17.9 Å². The van der Waals surface area contributed by atoms with Crippen LogP contribution >= 0.6 is 23.1 Å². The van der Waals surface area contributed by atoms with Crippen molar-refractivity contribution in [3.8, 4) is 5.69 Å². The van der Waals surface area contributed by atoms with Crippen LogP contribution in [-0.2, 0) is 17.8 Å². The molecule has 1 aliphatic rings. The average Bonchev–Trinajstić information content (AvgIpc) is 3.61. The van der Waals surface area contributed by atoms with Gasteiger partial charge < -0.3 is 10.2 Å². The number of nitrogens with one attached hydrogen (secondary N) is 1. The van der Waals surface area contributed by atoms with Gasteiger partial charge in [-0.2, -0.15) is 0 Å². The summed E-state index contributed by atoms with van der Waals surface area (Å²) < 4.78 is 15.3. The van der Waals surface area contributed by atoms with Gasteiger partial charge in [0.15, 0.2) is 11.0 Å². The minimum Gasteiger partial charge on any atom is -0.344 e. The second-order valence-electron chi connectivity index (χ2n) is 7.58. The highest BCUT2D eigenvalue weighted by molar-refractivity contribution is 7.99. The number of fused-ring (bicyclic) bond motifs is 1. The third-order valence-electron chi connectivity index (χ3n) is 5.45. The second kappa shape index (κ2) is 9.78. The summed E-state index contributed by atoms with van der Waals surface area (Å²) in [5, 5.41) is 13.7. The van der Waals surface area contributed by atoms with Crippen LogP contribution in [0.3, 0.4) is 0 Å². The zero-order chi connectivity index (χ0) is 23.5. The molecule has 5 rings (SSSR count). The Morgan fingerprint density at radius 3 is 2.68 bits per heavy atom. The molecule has 10 heteroatoms. The SMILES string of the molecule is O=C(NCc1nnc(SCC(=O)N2CCc3ccccc32)n1-c1ccc(F)cc1)c1cccs1. The van der Waals surface area contributed by atoms with Crippen molar-refractivity contribution in [1.82, 2.24) is 20.1 Å². The molecule has 1 aliphatic heterocycles. The molecule has 1 N–H and O–H groups in total. The largest absolute Gasteiger partial charge is 0.344 e. The number of amides is 2. The van der Waals surface area contributed by atoms with E-state index < -0.39 is 0 Å². The third kappa shape index (κ3) is 4.59. The summed E-state index contributed by atoms with van der Waals surface area (Å²) in [5.74, 6) is 0.0752. The van der Waals surface area contributed by atoms with E-state index in [-0.39, 0.29) is 29.9 Å². The number of aromatic nitrogens is 3. The first kappa shape index (κ1) is 22.3. The molecule has 2 aromatic heterocycles. The predicted octanol–water partition coefficient (Wildman–Crippen LogP) is 4.08. The highest BCUT2D eigenvalue weighted by Crippen LogP contribution is 2.29. The van der Waals surface area contributed by atoms with E-state index in [0.717, 1.165) is 12.1 Å². The lowest BCUT2D eigenvalue weighted by atomic mass is 10.2. The smallest absolute Gasteiger partial charge is 0.261 e. The molecule has 0 spiro atoms. The van der Waals surface area contributed by atoms with E-state index >= 15 is 0 Å². The molecule has 0 saturated carbocycles. The molecule has 0 atom stereocenters. The molecule has 7 nitrogen and oxygen atoms in total. The highest BCUT2D eigenvalue weighted by Gasteiger charge is 2.25. The number of anilines is 1. The number of nitrogens with zero attached hydrogens (tertiary/aromatic N) is 4. The molecule has 0 bridgehead atoms. The minimum atomic E-state index is -0.360. The van der Waals surface area contributed by atoms with Crippen molar-refractivity contribution in [2.24, 2.45) is 0 Å². The van der Waals surface area contributed by atoms with Gasteiger partial charge in [-0.3, -0.25) is 14.2 Å². The summed E-state index contributed by atoms with van der Waals surface area (Å²) in [6, 6.07) is 17.4. The molecule has 0 fully saturated rings. The van der Waals surface area contributed by atoms with Crippen LogP contribution in [0.25, 0.3) is 5.69 Å². The number of thiophene rings is 1. The quantitative estimate of drug-likeness (QED) is 0.393. The Kier molecular flexibility index (Phi) is 6.41. The standard InChI is InChI=1S/C24H20FN5O2S2/c25-17-7-9-18(10-8-17)30-21(14-26-23(32)20-6-3-13-33-20)27-28-24(30)34-15-22(31)29-12-11-16-4-1-2-5-19(16)29/h1-10,13H,11-12,14-15H2,(H,26,32). The van der Waals surface area contributed by atoms with Crippen molar-refractivity contribution in [2.45, 2.75) is 18.1 Å². The lowest BCUT2D eigenvalue weighted by molar-refractivity contribution is -0.116. The van der Waals surface area contributed by atoms with Gasteiger partial charge in [0.2, 0.25) is 5.91 Å². The molecule has 0 radical (unpaired) electrons. The molecular formula is C24H20FN5O2S2. The maximum atomic E-state index is 13.5. The van der Waals surface area contributed by atoms with Crippen molar-refractivity contribution >= 4 is 40.6 Å². The van der Waals surface area contributed by atoms with Crippen LogP contribution in [-0.4, -0.2) is 38.9 Å². The monoisotopic (exact) mass is 493 g/mol. The maximum absolute atomic E-state index is 13.5. The number of carbonyl (C=O) groups is 2. The Hall–Kier alpha value is -3.50. The van der Waals surface area contributed by atoms with Crippen molar-refractivity contribution in [3.05, 3.63) is 88.1 Å². The lowest BCUT2D eigenvalue weighted by Crippen LogP contribution is -2.30. The van der Waals surface area contributed by atoms with Crippen LogP contribution < -0.4 is 10.2 Å². The molecule has 3 heterocycles. The van der Waals surface area contributed by atoms with Gasteiger partial charge in [0.05, 0.1) is 17.2 Å². The van der Waals surface area contributed by atoms with Gasteiger partial charge in [-0.05, 0) is 53.8 Å². The van der Waals surface area contributed by atoms with Gasteiger partial charge >= 0.3 is 0 Å². The van der Waals surface area contributed by atoms with E-state index in [2.05, 4.69) is 15.5 Å². The van der Waals surface area contributed by atoms with E-state index in [0.29, 0.717) is 28.1 Å². The first-order valence-electron chi connectivity index (χ1n) is 10.6. The first-order valence-corrected chi connectivity index (χ1v) is 12.5. The number of hydrogen-bond acceptors (Lipinski definition) is 6. The summed E-state index contributed by atoms with van der Waals surface area (Å²) in [6.45, 7) is 0.790. The number of thioether (sulfide) groups is 1. The van der Waals surface area contributed by atoms with E-state index in [1.54, 1.807) is 27.7 Å². The van der Waals surface area contributed by atoms with Crippen molar-refractivity contribution in [3.63, 3.8) is 0 Å². The van der Waals surface area contributed by atoms with E-state index in [4.69, 9.17) is 0 Å². The summed E-state index contributed by atoms with van der Waals surface area (Å²) in [4.78, 5) is 27.7. The third-order valence-corrected chi connectivity index (χ3v) is 7.23. The molecule has 4 aromatic rings. The fraction of sp³-hybridized carbons (Fsp3) is 0.167. The van der Waals surface area contributed by atoms with Crippen LogP contribution in [0.4, 0.5) is 10.1 Å². The predicted molar refractivity (Wildman–Crippen MR) is 130 cm³/mol. The van der Waals surface area contributed by atoms with E-state index in [1.807, 2.05) is 35.7 Å². The van der Waals surface area contributed by atoms with E-state index in [1.165, 1.54) is 40.8 Å². The number of hydrogen-bond donors (Lipinski definition) is 1. The van der Waals surface area contributed by atoms with Crippen LogP contribution in [0.1, 0.15) is 21.1 Å². The molecule has 2 aromatic carbocycles. The van der Waals surface area contributed by atoms with Crippen LogP contribution in [0.2, 0.25) is 0 Å². The average molecular weight is 494 g/mol. The second-order valence-corrected chi connectivity index (χ2v) is 9.47. The molecular weight excluding hydrogens is 473 g/mol. The molecule has 34 heavy (non-hydrogen) atoms. The summed E-state index contributed by atoms with van der Waals surface area (Å²) in [7, 11) is 0. The fourth-order valence-corrected chi connectivity index (χ4v) is 5.30. The van der Waals surface area contributed by atoms with Crippen molar-refractivity contribution < 1.29 is 14.0 Å². The number of para-hydroxylation sites is 1. The topological polar surface area (TPSA) is 80.1 Å². The van der Waals surface area contributed by atoms with Gasteiger partial charge in [0.25, 0.3) is 5.91 Å². The van der Waals surface area contributed by atoms with Gasteiger partial charge in [-0.15, -0.1) is 21.5 Å². The summed E-state index contributed by atoms with van der Waals surface area (Å²) >= 11 is 2.61. The van der Waals surface area contributed by atoms with Gasteiger partial charge in [0.1, 0.15) is 5.82 Å². The maximum Gasteiger partial charge on any atom is 0.261 e. The Morgan fingerprint density at radius 1 is 1.06 bits per heavy atom. The van der Waals surface area contributed by atoms with Gasteiger partial charge in [-0.25, -0.2) is 4.39 Å². The summed E-state index contributed by atoms with van der Waals surface area (Å²) in [6.07, 6.45) is 0.840. The number of carbonyl (C=O) groups excluding carboxylic acids is 2. The normalized spacial score (nSPS) is 12.6. The fourth-order valence-electron chi connectivity index (χ4n) is 3.81. The van der Waals surface area contributed by atoms with Crippen molar-refractivity contribution in [1.29, 1.82) is 0 Å². The minimum absolute atomic E-state index is 0.0174. The molecule has 0 saturated heterocycles.